The van der Waals surface area contributed by atoms with Crippen molar-refractivity contribution >= 4 is 41.6 Å². The Morgan fingerprint density at radius 1 is 1.50 bits per heavy atom. The number of hydrogen-bond acceptors (Lipinski definition) is 3. The number of carbonyl (C=O) groups excluding carboxylic acids is 1. The van der Waals surface area contributed by atoms with Crippen molar-refractivity contribution in [2.45, 2.75) is 12.5 Å². The normalized spacial score (nSPS) is 11.5. The average Bonchev–Trinajstić information content (AvgIpc) is 2.21. The lowest BCUT2D eigenvalue weighted by atomic mass is 10.0. The maximum absolute atomic E-state index is 11.0. The van der Waals surface area contributed by atoms with Crippen LogP contribution in [0.1, 0.15) is 18.0 Å². The second kappa shape index (κ2) is 6.97. The predicted octanol–water partition coefficient (Wildman–Crippen LogP) is 2.98. The van der Waals surface area contributed by atoms with Crippen LogP contribution in [0, 0.1) is 0 Å². The molecule has 0 radical (unpaired) electrons. The van der Waals surface area contributed by atoms with Gasteiger partial charge in [0.15, 0.2) is 0 Å². The third kappa shape index (κ3) is 4.18. The largest absolute Gasteiger partial charge is 0.469 e. The van der Waals surface area contributed by atoms with Crippen molar-refractivity contribution in [1.29, 1.82) is 0 Å². The molecule has 0 amide bonds. The van der Waals surface area contributed by atoms with Gasteiger partial charge in [-0.2, -0.15) is 0 Å². The van der Waals surface area contributed by atoms with E-state index in [0.717, 1.165) is 0 Å². The first-order valence-electron chi connectivity index (χ1n) is 4.32. The number of ether oxygens (including phenoxy) is 1. The maximum atomic E-state index is 11.0. The first-order valence-corrected chi connectivity index (χ1v) is 5.07. The summed E-state index contributed by atoms with van der Waals surface area (Å²) in [7, 11) is 1.31. The van der Waals surface area contributed by atoms with E-state index in [1.54, 1.807) is 18.2 Å². The van der Waals surface area contributed by atoms with Crippen LogP contribution in [0.3, 0.4) is 0 Å². The zero-order chi connectivity index (χ0) is 11.4. The molecule has 0 aliphatic rings. The van der Waals surface area contributed by atoms with Crippen LogP contribution >= 0.6 is 35.6 Å². The van der Waals surface area contributed by atoms with E-state index in [4.69, 9.17) is 28.9 Å². The highest BCUT2D eigenvalue weighted by atomic mass is 35.5. The lowest BCUT2D eigenvalue weighted by molar-refractivity contribution is -0.141. The van der Waals surface area contributed by atoms with E-state index in [9.17, 15) is 4.79 Å². The Morgan fingerprint density at radius 2 is 2.12 bits per heavy atom. The van der Waals surface area contributed by atoms with E-state index < -0.39 is 6.04 Å². The molecule has 0 heterocycles. The Morgan fingerprint density at radius 3 is 2.69 bits per heavy atom. The van der Waals surface area contributed by atoms with Gasteiger partial charge in [0, 0.05) is 16.1 Å². The molecule has 16 heavy (non-hydrogen) atoms. The Balaban J connectivity index is 0.00000225. The molecule has 0 spiro atoms. The van der Waals surface area contributed by atoms with Gasteiger partial charge < -0.3 is 10.5 Å². The minimum Gasteiger partial charge on any atom is -0.469 e. The van der Waals surface area contributed by atoms with Crippen LogP contribution in [0.2, 0.25) is 10.0 Å². The SMILES string of the molecule is COC(=O)C[C@@H](N)c1cc(Cl)ccc1Cl.Cl. The summed E-state index contributed by atoms with van der Waals surface area (Å²) in [5.74, 6) is -0.376. The fourth-order valence-electron chi connectivity index (χ4n) is 1.17. The minimum atomic E-state index is -0.497. The molecule has 1 aromatic rings. The molecular weight excluding hydrogens is 272 g/mol. The summed E-state index contributed by atoms with van der Waals surface area (Å²) < 4.78 is 4.52. The minimum absolute atomic E-state index is 0. The molecule has 0 unspecified atom stereocenters. The number of nitrogens with two attached hydrogens (primary N) is 1. The Bertz CT molecular complexity index is 371. The van der Waals surface area contributed by atoms with E-state index in [1.807, 2.05) is 0 Å². The van der Waals surface area contributed by atoms with Gasteiger partial charge in [0.05, 0.1) is 13.5 Å². The second-order valence-electron chi connectivity index (χ2n) is 3.05. The standard InChI is InChI=1S/C10H11Cl2NO2.ClH/c1-15-10(14)5-9(13)7-4-6(11)2-3-8(7)12;/h2-4,9H,5,13H2,1H3;1H/t9-;/m1./s1. The third-order valence-corrected chi connectivity index (χ3v) is 2.55. The molecule has 0 aliphatic heterocycles. The van der Waals surface area contributed by atoms with Crippen LogP contribution in [-0.4, -0.2) is 13.1 Å². The fourth-order valence-corrected chi connectivity index (χ4v) is 1.61. The molecule has 90 valence electrons. The number of hydrogen-bond donors (Lipinski definition) is 1. The number of esters is 1. The van der Waals surface area contributed by atoms with Gasteiger partial charge in [-0.25, -0.2) is 0 Å². The van der Waals surface area contributed by atoms with E-state index in [1.165, 1.54) is 7.11 Å². The first-order chi connectivity index (χ1) is 7.04. The first kappa shape index (κ1) is 15.5. The summed E-state index contributed by atoms with van der Waals surface area (Å²) in [5, 5.41) is 1.03. The third-order valence-electron chi connectivity index (χ3n) is 1.97. The second-order valence-corrected chi connectivity index (χ2v) is 3.90. The van der Waals surface area contributed by atoms with Crippen LogP contribution in [0.15, 0.2) is 18.2 Å². The number of benzene rings is 1. The summed E-state index contributed by atoms with van der Waals surface area (Å²) in [6.07, 6.45) is 0.0799. The molecule has 0 bridgehead atoms. The zero-order valence-corrected chi connectivity index (χ0v) is 10.9. The molecule has 3 nitrogen and oxygen atoms in total. The van der Waals surface area contributed by atoms with Gasteiger partial charge in [0.1, 0.15) is 0 Å². The Kier molecular flexibility index (Phi) is 6.76. The smallest absolute Gasteiger partial charge is 0.307 e. The van der Waals surface area contributed by atoms with Gasteiger partial charge in [-0.05, 0) is 23.8 Å². The van der Waals surface area contributed by atoms with E-state index in [2.05, 4.69) is 4.74 Å². The summed E-state index contributed by atoms with van der Waals surface area (Å²) in [4.78, 5) is 11.0. The van der Waals surface area contributed by atoms with Crippen LogP contribution in [0.4, 0.5) is 0 Å². The molecule has 1 atom stereocenters. The number of halogens is 3. The Hall–Kier alpha value is -0.480. The summed E-state index contributed by atoms with van der Waals surface area (Å²) in [5.41, 5.74) is 6.45. The molecule has 1 rings (SSSR count). The van der Waals surface area contributed by atoms with Crippen molar-refractivity contribution in [2.24, 2.45) is 5.73 Å². The maximum Gasteiger partial charge on any atom is 0.307 e. The van der Waals surface area contributed by atoms with Gasteiger partial charge in [-0.3, -0.25) is 4.79 Å². The molecule has 0 aromatic heterocycles. The lowest BCUT2D eigenvalue weighted by Crippen LogP contribution is -2.16. The van der Waals surface area contributed by atoms with E-state index in [-0.39, 0.29) is 24.8 Å². The van der Waals surface area contributed by atoms with Gasteiger partial charge in [-0.15, -0.1) is 12.4 Å². The van der Waals surface area contributed by atoms with Crippen LogP contribution in [0.25, 0.3) is 0 Å². The molecule has 0 fully saturated rings. The van der Waals surface area contributed by atoms with Crippen molar-refractivity contribution in [1.82, 2.24) is 0 Å². The van der Waals surface area contributed by atoms with Crippen molar-refractivity contribution in [3.63, 3.8) is 0 Å². The highest BCUT2D eigenvalue weighted by molar-refractivity contribution is 6.33. The van der Waals surface area contributed by atoms with Gasteiger partial charge in [-0.1, -0.05) is 23.2 Å². The van der Waals surface area contributed by atoms with E-state index in [0.29, 0.717) is 15.6 Å². The summed E-state index contributed by atoms with van der Waals surface area (Å²) >= 11 is 11.7. The number of rotatable bonds is 3. The topological polar surface area (TPSA) is 52.3 Å². The van der Waals surface area contributed by atoms with Crippen LogP contribution < -0.4 is 5.73 Å². The molecule has 0 saturated heterocycles. The van der Waals surface area contributed by atoms with E-state index >= 15 is 0 Å². The zero-order valence-electron chi connectivity index (χ0n) is 8.57. The average molecular weight is 285 g/mol. The highest BCUT2D eigenvalue weighted by Crippen LogP contribution is 2.26. The molecule has 2 N–H and O–H groups in total. The van der Waals surface area contributed by atoms with Crippen molar-refractivity contribution in [3.05, 3.63) is 33.8 Å². The molecular formula is C10H12Cl3NO2. The Labute approximate surface area is 110 Å². The summed E-state index contributed by atoms with van der Waals surface area (Å²) in [6.45, 7) is 0. The summed E-state index contributed by atoms with van der Waals surface area (Å²) in [6, 6.07) is 4.47. The fraction of sp³-hybridized carbons (Fsp3) is 0.300. The monoisotopic (exact) mass is 283 g/mol. The molecule has 1 aromatic carbocycles. The van der Waals surface area contributed by atoms with Crippen molar-refractivity contribution in [3.8, 4) is 0 Å². The lowest BCUT2D eigenvalue weighted by Gasteiger charge is -2.12. The quantitative estimate of drug-likeness (QED) is 0.868. The van der Waals surface area contributed by atoms with Crippen LogP contribution in [0.5, 0.6) is 0 Å². The molecule has 6 heteroatoms. The van der Waals surface area contributed by atoms with Crippen molar-refractivity contribution < 1.29 is 9.53 Å². The molecule has 0 aliphatic carbocycles. The van der Waals surface area contributed by atoms with Gasteiger partial charge >= 0.3 is 5.97 Å². The van der Waals surface area contributed by atoms with Crippen molar-refractivity contribution in [2.75, 3.05) is 7.11 Å². The van der Waals surface area contributed by atoms with Crippen LogP contribution in [-0.2, 0) is 9.53 Å². The van der Waals surface area contributed by atoms with Gasteiger partial charge in [0.2, 0.25) is 0 Å². The van der Waals surface area contributed by atoms with Gasteiger partial charge in [0.25, 0.3) is 0 Å². The highest BCUT2D eigenvalue weighted by Gasteiger charge is 2.15. The predicted molar refractivity (Wildman–Crippen MR) is 67.3 cm³/mol. The number of carbonyl (C=O) groups is 1. The number of methoxy groups -OCH3 is 1. The molecule has 0 saturated carbocycles.